The van der Waals surface area contributed by atoms with Crippen molar-refractivity contribution in [2.75, 3.05) is 7.05 Å². The van der Waals surface area contributed by atoms with Crippen LogP contribution in [-0.4, -0.2) is 39.6 Å². The fourth-order valence-electron chi connectivity index (χ4n) is 3.28. The summed E-state index contributed by atoms with van der Waals surface area (Å²) in [6.45, 7) is 0. The molecule has 0 spiro atoms. The molecule has 28 heavy (non-hydrogen) atoms. The lowest BCUT2D eigenvalue weighted by molar-refractivity contribution is -0.115. The average molecular weight is 399 g/mol. The molecule has 0 unspecified atom stereocenters. The first-order valence-corrected chi connectivity index (χ1v) is 10.4. The van der Waals surface area contributed by atoms with E-state index in [0.29, 0.717) is 16.5 Å². The lowest BCUT2D eigenvalue weighted by Crippen LogP contribution is -2.22. The molecule has 0 aliphatic heterocycles. The van der Waals surface area contributed by atoms with Gasteiger partial charge in [0.1, 0.15) is 10.8 Å². The molecule has 0 bridgehead atoms. The smallest absolute Gasteiger partial charge is 0.243 e. The number of aromatic hydroxyl groups is 1. The van der Waals surface area contributed by atoms with Crippen LogP contribution in [0.25, 0.3) is 17.3 Å². The highest BCUT2D eigenvalue weighted by atomic mass is 32.2. The van der Waals surface area contributed by atoms with Crippen LogP contribution in [0.3, 0.4) is 0 Å². The van der Waals surface area contributed by atoms with Crippen LogP contribution in [0.2, 0.25) is 0 Å². The summed E-state index contributed by atoms with van der Waals surface area (Å²) in [5.74, 6) is -0.0966. The Morgan fingerprint density at radius 3 is 2.79 bits per heavy atom. The second-order valence-electron chi connectivity index (χ2n) is 7.00. The second kappa shape index (κ2) is 9.71. The largest absolute Gasteiger partial charge is 0.507 e. The molecule has 1 aromatic heterocycles. The highest BCUT2D eigenvalue weighted by molar-refractivity contribution is 7.99. The number of benzene rings is 1. The number of nitrogens with zero attached hydrogens (tertiary/aromatic N) is 2. The van der Waals surface area contributed by atoms with Crippen molar-refractivity contribution in [3.63, 3.8) is 0 Å². The van der Waals surface area contributed by atoms with Gasteiger partial charge in [0, 0.05) is 30.0 Å². The third kappa shape index (κ3) is 5.56. The van der Waals surface area contributed by atoms with Gasteiger partial charge in [0.15, 0.2) is 0 Å². The maximum absolute atomic E-state index is 11.3. The van der Waals surface area contributed by atoms with Crippen molar-refractivity contribution < 1.29 is 9.90 Å². The summed E-state index contributed by atoms with van der Waals surface area (Å²) in [6.07, 6.45) is 8.76. The van der Waals surface area contributed by atoms with Crippen LogP contribution in [0.5, 0.6) is 5.75 Å². The second-order valence-corrected chi connectivity index (χ2v) is 8.32. The van der Waals surface area contributed by atoms with E-state index in [1.54, 1.807) is 37.0 Å². The summed E-state index contributed by atoms with van der Waals surface area (Å²) >= 11 is 1.74. The van der Waals surface area contributed by atoms with Crippen molar-refractivity contribution in [3.8, 4) is 17.0 Å². The van der Waals surface area contributed by atoms with E-state index in [1.165, 1.54) is 18.9 Å². The lowest BCUT2D eigenvalue weighted by Gasteiger charge is -2.15. The van der Waals surface area contributed by atoms with Crippen molar-refractivity contribution in [2.24, 2.45) is 5.73 Å². The molecule has 1 aliphatic rings. The molecular weight excluding hydrogens is 372 g/mol. The molecule has 4 N–H and O–H groups in total. The minimum Gasteiger partial charge on any atom is -0.507 e. The number of phenols is 1. The number of nitrogens with one attached hydrogen (secondary N) is 1. The lowest BCUT2D eigenvalue weighted by atomic mass is 10.1. The van der Waals surface area contributed by atoms with Gasteiger partial charge in [-0.3, -0.25) is 4.79 Å². The molecule has 2 aromatic rings. The number of amides is 1. The Labute approximate surface area is 169 Å². The summed E-state index contributed by atoms with van der Waals surface area (Å²) in [5, 5.41) is 22.8. The van der Waals surface area contributed by atoms with E-state index in [0.717, 1.165) is 29.9 Å². The zero-order valence-corrected chi connectivity index (χ0v) is 16.8. The maximum Gasteiger partial charge on any atom is 0.243 e. The van der Waals surface area contributed by atoms with Gasteiger partial charge in [0.05, 0.1) is 5.69 Å². The van der Waals surface area contributed by atoms with Crippen LogP contribution in [-0.2, 0) is 4.79 Å². The van der Waals surface area contributed by atoms with E-state index in [2.05, 4.69) is 15.5 Å². The number of rotatable bonds is 5. The first kappa shape index (κ1) is 20.4. The molecule has 1 amide bonds. The van der Waals surface area contributed by atoms with E-state index in [-0.39, 0.29) is 17.7 Å². The molecule has 148 valence electrons. The van der Waals surface area contributed by atoms with Crippen molar-refractivity contribution >= 4 is 23.7 Å². The zero-order chi connectivity index (χ0) is 19.9. The highest BCUT2D eigenvalue weighted by Gasteiger charge is 2.19. The monoisotopic (exact) mass is 398 g/mol. The highest BCUT2D eigenvalue weighted by Crippen LogP contribution is 2.33. The van der Waals surface area contributed by atoms with Gasteiger partial charge < -0.3 is 16.2 Å². The Morgan fingerprint density at radius 2 is 2.07 bits per heavy atom. The van der Waals surface area contributed by atoms with Gasteiger partial charge in [-0.05, 0) is 55.2 Å². The molecule has 6 nitrogen and oxygen atoms in total. The maximum atomic E-state index is 11.3. The zero-order valence-electron chi connectivity index (χ0n) is 16.0. The Morgan fingerprint density at radius 1 is 1.25 bits per heavy atom. The van der Waals surface area contributed by atoms with E-state index >= 15 is 0 Å². The van der Waals surface area contributed by atoms with Crippen molar-refractivity contribution in [3.05, 3.63) is 42.0 Å². The first-order valence-electron chi connectivity index (χ1n) is 9.54. The summed E-state index contributed by atoms with van der Waals surface area (Å²) in [7, 11) is 1.57. The Hall–Kier alpha value is -2.38. The van der Waals surface area contributed by atoms with Crippen molar-refractivity contribution in [2.45, 2.75) is 48.4 Å². The van der Waals surface area contributed by atoms with E-state index < -0.39 is 0 Å². The summed E-state index contributed by atoms with van der Waals surface area (Å²) < 4.78 is 0. The van der Waals surface area contributed by atoms with Gasteiger partial charge in [-0.1, -0.05) is 18.9 Å². The third-order valence-corrected chi connectivity index (χ3v) is 6.04. The molecule has 2 atom stereocenters. The number of hydrogen-bond acceptors (Lipinski definition) is 6. The predicted molar refractivity (Wildman–Crippen MR) is 113 cm³/mol. The number of thioether (sulfide) groups is 1. The summed E-state index contributed by atoms with van der Waals surface area (Å²) in [6, 6.07) is 9.31. The van der Waals surface area contributed by atoms with Crippen LogP contribution in [0.4, 0.5) is 0 Å². The van der Waals surface area contributed by atoms with E-state index in [9.17, 15) is 9.90 Å². The Kier molecular flexibility index (Phi) is 7.06. The molecule has 1 aromatic carbocycles. The van der Waals surface area contributed by atoms with Crippen LogP contribution in [0.1, 0.15) is 37.7 Å². The summed E-state index contributed by atoms with van der Waals surface area (Å²) in [4.78, 5) is 11.3. The van der Waals surface area contributed by atoms with Crippen LogP contribution in [0.15, 0.2) is 41.4 Å². The molecule has 1 heterocycles. The van der Waals surface area contributed by atoms with Gasteiger partial charge in [0.25, 0.3) is 0 Å². The SMILES string of the molecule is CNC(=O)/C=C/c1ccc(-c2ccc(S[C@H]3CCCC[C@@H](N)C3)nn2)c(O)c1. The van der Waals surface area contributed by atoms with Gasteiger partial charge in [-0.15, -0.1) is 22.0 Å². The van der Waals surface area contributed by atoms with Gasteiger partial charge in [0.2, 0.25) is 5.91 Å². The predicted octanol–water partition coefficient (Wildman–Crippen LogP) is 3.36. The normalized spacial score (nSPS) is 20.1. The van der Waals surface area contributed by atoms with Crippen LogP contribution < -0.4 is 11.1 Å². The number of aromatic nitrogens is 2. The topological polar surface area (TPSA) is 101 Å². The molecular formula is C21H26N4O2S. The number of carbonyl (C=O) groups is 1. The van der Waals surface area contributed by atoms with Gasteiger partial charge in [-0.2, -0.15) is 0 Å². The van der Waals surface area contributed by atoms with Crippen LogP contribution >= 0.6 is 11.8 Å². The number of phenolic OH excluding ortho intramolecular Hbond substituents is 1. The molecule has 1 fully saturated rings. The van der Waals surface area contributed by atoms with Gasteiger partial charge in [-0.25, -0.2) is 0 Å². The number of likely N-dealkylation sites (N-methyl/N-ethyl adjacent to an activating group) is 1. The average Bonchev–Trinajstić information content (AvgIpc) is 2.90. The molecule has 3 rings (SSSR count). The van der Waals surface area contributed by atoms with E-state index in [4.69, 9.17) is 5.73 Å². The number of hydrogen-bond donors (Lipinski definition) is 3. The van der Waals surface area contributed by atoms with Crippen molar-refractivity contribution in [1.29, 1.82) is 0 Å². The number of nitrogens with two attached hydrogens (primary N) is 1. The number of carbonyl (C=O) groups excluding carboxylic acids is 1. The minimum absolute atomic E-state index is 0.100. The van der Waals surface area contributed by atoms with E-state index in [1.807, 2.05) is 18.2 Å². The molecule has 0 saturated heterocycles. The van der Waals surface area contributed by atoms with Gasteiger partial charge >= 0.3 is 0 Å². The Balaban J connectivity index is 1.69. The third-order valence-electron chi connectivity index (χ3n) is 4.82. The fourth-order valence-corrected chi connectivity index (χ4v) is 4.48. The molecule has 1 aliphatic carbocycles. The summed E-state index contributed by atoms with van der Waals surface area (Å²) in [5.41, 5.74) is 8.10. The minimum atomic E-state index is -0.197. The first-order chi connectivity index (χ1) is 13.5. The quantitative estimate of drug-likeness (QED) is 0.527. The van der Waals surface area contributed by atoms with Crippen LogP contribution in [0, 0.1) is 0 Å². The Bertz CT molecular complexity index is 839. The fraction of sp³-hybridized carbons (Fsp3) is 0.381. The molecule has 7 heteroatoms. The van der Waals surface area contributed by atoms with Crippen molar-refractivity contribution in [1.82, 2.24) is 15.5 Å². The molecule has 1 saturated carbocycles. The molecule has 0 radical (unpaired) electrons. The standard InChI is InChI=1S/C21H26N4O2S/c1-23-20(27)10-7-14-6-8-17(19(26)12-14)18-9-11-21(25-24-18)28-16-5-3-2-4-15(22)13-16/h6-12,15-16,26H,2-5,13,22H2,1H3,(H,23,27)/b10-7+/t15-,16+/m1/s1.